The molecule has 0 bridgehead atoms. The monoisotopic (exact) mass is 456 g/mol. The molecule has 0 unspecified atom stereocenters. The molecule has 0 spiro atoms. The number of benzene rings is 2. The van der Waals surface area contributed by atoms with E-state index in [0.29, 0.717) is 0 Å². The van der Waals surface area contributed by atoms with Gasteiger partial charge in [0, 0.05) is 5.92 Å². The second-order valence-corrected chi connectivity index (χ2v) is 8.11. The van der Waals surface area contributed by atoms with Crippen molar-refractivity contribution in [3.63, 3.8) is 0 Å². The van der Waals surface area contributed by atoms with Crippen LogP contribution in [0.2, 0.25) is 0 Å². The Balaban J connectivity index is 2.08. The van der Waals surface area contributed by atoms with Gasteiger partial charge in [-0.2, -0.15) is 0 Å². The fourth-order valence-electron chi connectivity index (χ4n) is 3.95. The van der Waals surface area contributed by atoms with Gasteiger partial charge in [-0.3, -0.25) is 0 Å². The number of phenols is 4. The van der Waals surface area contributed by atoms with Crippen LogP contribution in [0.3, 0.4) is 0 Å². The van der Waals surface area contributed by atoms with Gasteiger partial charge in [0.15, 0.2) is 22.7 Å². The maximum atomic E-state index is 12.9. The lowest BCUT2D eigenvalue weighted by Gasteiger charge is -2.21. The molecule has 0 amide bonds. The lowest BCUT2D eigenvalue weighted by atomic mass is 9.84. The molecule has 4 aromatic rings. The van der Waals surface area contributed by atoms with E-state index in [9.17, 15) is 40.2 Å². The molecule has 0 saturated heterocycles. The molecule has 2 heterocycles. The predicted octanol–water partition coefficient (Wildman–Crippen LogP) is 3.31. The Morgan fingerprint density at radius 2 is 1.06 bits per heavy atom. The van der Waals surface area contributed by atoms with E-state index in [-0.39, 0.29) is 34.2 Å². The van der Waals surface area contributed by atoms with Gasteiger partial charge in [0.05, 0.1) is 21.9 Å². The Bertz CT molecular complexity index is 1420. The first-order valence-electron chi connectivity index (χ1n) is 9.94. The minimum absolute atomic E-state index is 0.0964. The van der Waals surface area contributed by atoms with Crippen LogP contribution in [0.25, 0.3) is 21.9 Å². The highest BCUT2D eigenvalue weighted by molar-refractivity contribution is 5.92. The van der Waals surface area contributed by atoms with Gasteiger partial charge >= 0.3 is 11.3 Å². The second kappa shape index (κ2) is 7.66. The zero-order chi connectivity index (χ0) is 24.2. The first-order valence-corrected chi connectivity index (χ1v) is 9.94. The van der Waals surface area contributed by atoms with Gasteiger partial charge < -0.3 is 39.5 Å². The number of rotatable bonds is 4. The van der Waals surface area contributed by atoms with Gasteiger partial charge in [-0.05, 0) is 36.6 Å². The summed E-state index contributed by atoms with van der Waals surface area (Å²) in [4.78, 5) is 25.8. The fraction of sp³-hybridized carbons (Fsp3) is 0.217. The van der Waals surface area contributed by atoms with Crippen molar-refractivity contribution >= 4 is 21.9 Å². The summed E-state index contributed by atoms with van der Waals surface area (Å²) in [6, 6.07) is 4.63. The third-order valence-corrected chi connectivity index (χ3v) is 5.47. The molecule has 33 heavy (non-hydrogen) atoms. The number of hydrogen-bond acceptors (Lipinski definition) is 10. The van der Waals surface area contributed by atoms with Crippen LogP contribution in [0.1, 0.15) is 37.3 Å². The summed E-state index contributed by atoms with van der Waals surface area (Å²) in [5, 5.41) is 61.0. The highest BCUT2D eigenvalue weighted by Gasteiger charge is 2.32. The summed E-state index contributed by atoms with van der Waals surface area (Å²) >= 11 is 0. The fourth-order valence-corrected chi connectivity index (χ4v) is 3.95. The minimum Gasteiger partial charge on any atom is -0.507 e. The molecule has 2 aromatic heterocycles. The molecule has 6 N–H and O–H groups in total. The van der Waals surface area contributed by atoms with E-state index in [4.69, 9.17) is 8.83 Å². The first-order chi connectivity index (χ1) is 15.5. The summed E-state index contributed by atoms with van der Waals surface area (Å²) in [5.74, 6) is -5.15. The van der Waals surface area contributed by atoms with Crippen LogP contribution in [-0.4, -0.2) is 30.6 Å². The average Bonchev–Trinajstić information content (AvgIpc) is 2.73. The van der Waals surface area contributed by atoms with E-state index in [2.05, 4.69) is 0 Å². The van der Waals surface area contributed by atoms with Crippen molar-refractivity contribution in [2.45, 2.75) is 26.2 Å². The molecule has 172 valence electrons. The number of hydrogen-bond donors (Lipinski definition) is 6. The SMILES string of the molecule is CC(C)CC(c1c(O)c2ccc(O)c(O)c2oc1=O)c1c(O)c2ccc(O)c(O)c2oc1=O. The molecule has 10 nitrogen and oxygen atoms in total. The van der Waals surface area contributed by atoms with Crippen molar-refractivity contribution in [1.29, 1.82) is 0 Å². The van der Waals surface area contributed by atoms with Gasteiger partial charge in [-0.15, -0.1) is 0 Å². The molecule has 0 fully saturated rings. The standard InChI is InChI=1S/C23H20O10/c1-8(2)7-11(14-16(26)9-3-5-12(24)18(28)20(9)32-22(14)30)15-17(27)10-4-6-13(25)19(29)21(10)33-23(15)31/h3-6,8,11,24-29H,7H2,1-2H3. The second-order valence-electron chi connectivity index (χ2n) is 8.11. The average molecular weight is 456 g/mol. The van der Waals surface area contributed by atoms with Crippen molar-refractivity contribution in [2.75, 3.05) is 0 Å². The van der Waals surface area contributed by atoms with Crippen LogP contribution in [-0.2, 0) is 0 Å². The van der Waals surface area contributed by atoms with Gasteiger partial charge in [-0.25, -0.2) is 9.59 Å². The van der Waals surface area contributed by atoms with Crippen LogP contribution in [0.5, 0.6) is 34.5 Å². The normalized spacial score (nSPS) is 11.8. The Kier molecular flexibility index (Phi) is 5.08. The highest BCUT2D eigenvalue weighted by Crippen LogP contribution is 2.45. The molecule has 0 aliphatic heterocycles. The molecule has 0 saturated carbocycles. The van der Waals surface area contributed by atoms with Crippen LogP contribution >= 0.6 is 0 Å². The van der Waals surface area contributed by atoms with Crippen molar-refractivity contribution in [3.8, 4) is 34.5 Å². The molecule has 0 aliphatic rings. The lowest BCUT2D eigenvalue weighted by molar-refractivity contribution is 0.387. The van der Waals surface area contributed by atoms with Crippen molar-refractivity contribution in [3.05, 3.63) is 56.2 Å². The van der Waals surface area contributed by atoms with Gasteiger partial charge in [0.25, 0.3) is 0 Å². The van der Waals surface area contributed by atoms with Gasteiger partial charge in [0.2, 0.25) is 11.5 Å². The molecule has 0 radical (unpaired) electrons. The van der Waals surface area contributed by atoms with E-state index in [1.807, 2.05) is 0 Å². The zero-order valence-corrected chi connectivity index (χ0v) is 17.5. The van der Waals surface area contributed by atoms with E-state index < -0.39 is 62.8 Å². The highest BCUT2D eigenvalue weighted by atomic mass is 16.4. The van der Waals surface area contributed by atoms with E-state index in [1.165, 1.54) is 12.1 Å². The third kappa shape index (κ3) is 3.36. The molecule has 10 heteroatoms. The minimum atomic E-state index is -1.20. The van der Waals surface area contributed by atoms with E-state index in [1.54, 1.807) is 13.8 Å². The van der Waals surface area contributed by atoms with Crippen LogP contribution in [0, 0.1) is 5.92 Å². The molecule has 4 rings (SSSR count). The molecule has 0 aliphatic carbocycles. The first kappa shape index (κ1) is 21.9. The van der Waals surface area contributed by atoms with E-state index >= 15 is 0 Å². The Hall–Kier alpha value is -4.34. The van der Waals surface area contributed by atoms with Crippen LogP contribution in [0.4, 0.5) is 0 Å². The van der Waals surface area contributed by atoms with Crippen LogP contribution < -0.4 is 11.3 Å². The molecular weight excluding hydrogens is 436 g/mol. The summed E-state index contributed by atoms with van der Waals surface area (Å²) in [6.45, 7) is 3.58. The topological polar surface area (TPSA) is 182 Å². The van der Waals surface area contributed by atoms with Gasteiger partial charge in [0.1, 0.15) is 11.5 Å². The number of phenolic OH excluding ortho intramolecular Hbond substituents is 4. The number of aromatic hydroxyl groups is 6. The smallest absolute Gasteiger partial charge is 0.343 e. The summed E-state index contributed by atoms with van der Waals surface area (Å²) in [6.07, 6.45) is 0.0990. The quantitative estimate of drug-likeness (QED) is 0.197. The largest absolute Gasteiger partial charge is 0.507 e. The Morgan fingerprint density at radius 1 is 0.667 bits per heavy atom. The Morgan fingerprint density at radius 3 is 1.42 bits per heavy atom. The maximum absolute atomic E-state index is 12.9. The zero-order valence-electron chi connectivity index (χ0n) is 17.5. The number of fused-ring (bicyclic) bond motifs is 2. The predicted molar refractivity (Wildman–Crippen MR) is 116 cm³/mol. The Labute approximate surface area is 184 Å². The van der Waals surface area contributed by atoms with Crippen LogP contribution in [0.15, 0.2) is 42.7 Å². The summed E-state index contributed by atoms with van der Waals surface area (Å²) in [7, 11) is 0. The van der Waals surface area contributed by atoms with Gasteiger partial charge in [-0.1, -0.05) is 13.8 Å². The third-order valence-electron chi connectivity index (χ3n) is 5.47. The van der Waals surface area contributed by atoms with Crippen molar-refractivity contribution < 1.29 is 39.5 Å². The lowest BCUT2D eigenvalue weighted by Crippen LogP contribution is -2.21. The molecular formula is C23H20O10. The van der Waals surface area contributed by atoms with E-state index in [0.717, 1.165) is 12.1 Å². The molecule has 2 aromatic carbocycles. The maximum Gasteiger partial charge on any atom is 0.343 e. The molecule has 0 atom stereocenters. The summed E-state index contributed by atoms with van der Waals surface area (Å²) < 4.78 is 10.3. The van der Waals surface area contributed by atoms with Crippen molar-refractivity contribution in [2.24, 2.45) is 5.92 Å². The summed E-state index contributed by atoms with van der Waals surface area (Å²) in [5.41, 5.74) is -3.80. The van der Waals surface area contributed by atoms with Crippen molar-refractivity contribution in [1.82, 2.24) is 0 Å².